The number of fused-ring (bicyclic) bond motifs is 1. The number of methoxy groups -OCH3 is 1. The van der Waals surface area contributed by atoms with E-state index in [4.69, 9.17) is 19.2 Å². The molecule has 0 amide bonds. The number of carbonyl (C=O) groups is 1. The second kappa shape index (κ2) is 13.7. The monoisotopic (exact) mass is 698 g/mol. The lowest BCUT2D eigenvalue weighted by Gasteiger charge is -2.25. The summed E-state index contributed by atoms with van der Waals surface area (Å²) in [6.07, 6.45) is 1.76. The number of halogens is 2. The first kappa shape index (κ1) is 31.2. The summed E-state index contributed by atoms with van der Waals surface area (Å²) in [5.41, 5.74) is 3.46. The Morgan fingerprint density at radius 1 is 1.02 bits per heavy atom. The van der Waals surface area contributed by atoms with E-state index in [1.165, 1.54) is 30.6 Å². The lowest BCUT2D eigenvalue weighted by atomic mass is 9.93. The fourth-order valence-corrected chi connectivity index (χ4v) is 6.82. The molecule has 2 heterocycles. The van der Waals surface area contributed by atoms with Crippen LogP contribution in [0.2, 0.25) is 0 Å². The lowest BCUT2D eigenvalue weighted by Crippen LogP contribution is -2.39. The van der Waals surface area contributed by atoms with E-state index in [1.54, 1.807) is 35.8 Å². The highest BCUT2D eigenvalue weighted by Gasteiger charge is 2.35. The Bertz CT molecular complexity index is 2110. The highest BCUT2D eigenvalue weighted by atomic mass is 79.9. The molecule has 10 heteroatoms. The molecular weight excluding hydrogens is 671 g/mol. The van der Waals surface area contributed by atoms with Crippen molar-refractivity contribution in [3.63, 3.8) is 0 Å². The van der Waals surface area contributed by atoms with Gasteiger partial charge in [0, 0.05) is 5.56 Å². The summed E-state index contributed by atoms with van der Waals surface area (Å²) in [6, 6.07) is 27.8. The maximum atomic E-state index is 14.2. The first-order valence-corrected chi connectivity index (χ1v) is 16.1. The quantitative estimate of drug-likeness (QED) is 0.166. The molecule has 6 rings (SSSR count). The van der Waals surface area contributed by atoms with Crippen molar-refractivity contribution in [2.24, 2.45) is 4.99 Å². The van der Waals surface area contributed by atoms with Crippen LogP contribution in [-0.2, 0) is 16.1 Å². The smallest absolute Gasteiger partial charge is 0.338 e. The summed E-state index contributed by atoms with van der Waals surface area (Å²) < 4.78 is 33.1. The number of hydrogen-bond acceptors (Lipinski definition) is 7. The van der Waals surface area contributed by atoms with Gasteiger partial charge in [0.2, 0.25) is 0 Å². The van der Waals surface area contributed by atoms with Gasteiger partial charge in [-0.25, -0.2) is 14.2 Å². The van der Waals surface area contributed by atoms with Gasteiger partial charge in [-0.1, -0.05) is 84.1 Å². The summed E-state index contributed by atoms with van der Waals surface area (Å²) in [6.45, 7) is 2.13. The number of carbonyl (C=O) groups excluding carboxylic acids is 1. The number of benzene rings is 4. The van der Waals surface area contributed by atoms with E-state index in [1.807, 2.05) is 66.7 Å². The summed E-state index contributed by atoms with van der Waals surface area (Å²) >= 11 is 4.82. The summed E-state index contributed by atoms with van der Waals surface area (Å²) in [5, 5.41) is 0. The van der Waals surface area contributed by atoms with Crippen LogP contribution in [0, 0.1) is 5.82 Å². The van der Waals surface area contributed by atoms with Gasteiger partial charge in [0.05, 0.1) is 40.0 Å². The average molecular weight is 700 g/mol. The van der Waals surface area contributed by atoms with Crippen LogP contribution in [-0.4, -0.2) is 24.3 Å². The van der Waals surface area contributed by atoms with Gasteiger partial charge in [0.1, 0.15) is 12.4 Å². The highest BCUT2D eigenvalue weighted by molar-refractivity contribution is 9.10. The van der Waals surface area contributed by atoms with E-state index in [9.17, 15) is 14.0 Å². The molecule has 5 aromatic rings. The Morgan fingerprint density at radius 3 is 2.39 bits per heavy atom. The molecule has 0 saturated heterocycles. The third-order valence-electron chi connectivity index (χ3n) is 7.33. The minimum Gasteiger partial charge on any atom is -0.493 e. The van der Waals surface area contributed by atoms with Gasteiger partial charge in [-0.05, 0) is 69.9 Å². The van der Waals surface area contributed by atoms with Gasteiger partial charge < -0.3 is 14.2 Å². The van der Waals surface area contributed by atoms with Gasteiger partial charge in [0.15, 0.2) is 16.3 Å². The molecule has 1 aliphatic heterocycles. The zero-order valence-electron chi connectivity index (χ0n) is 24.9. The Balaban J connectivity index is 1.48. The van der Waals surface area contributed by atoms with E-state index in [0.717, 1.165) is 16.7 Å². The molecular formula is C36H28BrFN2O5S. The molecule has 1 aromatic heterocycles. The topological polar surface area (TPSA) is 79.1 Å². The van der Waals surface area contributed by atoms with Crippen LogP contribution in [0.5, 0.6) is 11.5 Å². The molecule has 7 nitrogen and oxygen atoms in total. The van der Waals surface area contributed by atoms with Gasteiger partial charge in [-0.3, -0.25) is 9.36 Å². The largest absolute Gasteiger partial charge is 0.493 e. The molecule has 1 atom stereocenters. The lowest BCUT2D eigenvalue weighted by molar-refractivity contribution is -0.138. The molecule has 0 aliphatic carbocycles. The summed E-state index contributed by atoms with van der Waals surface area (Å²) in [5.74, 6) is 0.0773. The van der Waals surface area contributed by atoms with E-state index in [0.29, 0.717) is 42.1 Å². The van der Waals surface area contributed by atoms with Crippen LogP contribution < -0.4 is 24.4 Å². The summed E-state index contributed by atoms with van der Waals surface area (Å²) in [7, 11) is 1.53. The van der Waals surface area contributed by atoms with Crippen LogP contribution in [0.4, 0.5) is 4.39 Å². The van der Waals surface area contributed by atoms with Crippen LogP contribution in [0.3, 0.4) is 0 Å². The van der Waals surface area contributed by atoms with Gasteiger partial charge in [-0.2, -0.15) is 0 Å². The van der Waals surface area contributed by atoms with Crippen molar-refractivity contribution in [3.8, 4) is 11.5 Å². The van der Waals surface area contributed by atoms with Crippen molar-refractivity contribution >= 4 is 45.0 Å². The predicted octanol–water partition coefficient (Wildman–Crippen LogP) is 6.42. The second-order valence-corrected chi connectivity index (χ2v) is 12.2. The van der Waals surface area contributed by atoms with Crippen molar-refractivity contribution in [2.75, 3.05) is 13.7 Å². The minimum absolute atomic E-state index is 0.177. The molecule has 0 unspecified atom stereocenters. The molecule has 0 fully saturated rings. The molecule has 4 aromatic carbocycles. The number of rotatable bonds is 9. The van der Waals surface area contributed by atoms with Crippen molar-refractivity contribution in [1.29, 1.82) is 0 Å². The van der Waals surface area contributed by atoms with Gasteiger partial charge >= 0.3 is 5.97 Å². The fourth-order valence-electron chi connectivity index (χ4n) is 5.24. The fraction of sp³-hybridized carbons (Fsp3) is 0.139. The van der Waals surface area contributed by atoms with Crippen molar-refractivity contribution in [1.82, 2.24) is 4.57 Å². The first-order chi connectivity index (χ1) is 22.4. The van der Waals surface area contributed by atoms with Gasteiger partial charge in [-0.15, -0.1) is 0 Å². The zero-order chi connectivity index (χ0) is 32.2. The Labute approximate surface area is 276 Å². The van der Waals surface area contributed by atoms with Crippen molar-refractivity contribution < 1.29 is 23.4 Å². The minimum atomic E-state index is -0.752. The maximum Gasteiger partial charge on any atom is 0.338 e. The van der Waals surface area contributed by atoms with Crippen LogP contribution in [0.15, 0.2) is 117 Å². The van der Waals surface area contributed by atoms with E-state index < -0.39 is 12.0 Å². The maximum absolute atomic E-state index is 14.2. The third kappa shape index (κ3) is 6.31. The average Bonchev–Trinajstić information content (AvgIpc) is 3.38. The van der Waals surface area contributed by atoms with E-state index in [-0.39, 0.29) is 24.6 Å². The Hall–Kier alpha value is -4.80. The zero-order valence-corrected chi connectivity index (χ0v) is 27.3. The first-order valence-electron chi connectivity index (χ1n) is 14.5. The van der Waals surface area contributed by atoms with Crippen LogP contribution >= 0.6 is 27.3 Å². The Kier molecular flexibility index (Phi) is 9.28. The highest BCUT2D eigenvalue weighted by Crippen LogP contribution is 2.38. The second-order valence-electron chi connectivity index (χ2n) is 10.3. The number of nitrogens with zero attached hydrogens (tertiary/aromatic N) is 2. The standard InChI is InChI=1S/C36H28BrFN2O5S/c1-3-44-35(42)30-31(24-10-6-4-7-11-24)39-36-40(32(30)25-12-8-5-9-13-25)34(41)29(46-36)20-23-18-27(37)33(28(19-23)43-2)45-21-22-14-16-26(38)17-15-22/h4-20,32H,3,21H2,1-2H3/b29-20-/t32-/m0/s1. The SMILES string of the molecule is CCOC(=O)C1=C(c2ccccc2)N=c2s/c(=C\c3cc(Br)c(OCc4ccc(F)cc4)c(OC)c3)c(=O)n2[C@H]1c1ccccc1. The van der Waals surface area contributed by atoms with Crippen LogP contribution in [0.1, 0.15) is 35.2 Å². The predicted molar refractivity (Wildman–Crippen MR) is 179 cm³/mol. The number of esters is 1. The van der Waals surface area contributed by atoms with Gasteiger partial charge in [0.25, 0.3) is 5.56 Å². The van der Waals surface area contributed by atoms with E-state index in [2.05, 4.69) is 15.9 Å². The number of thiazole rings is 1. The molecule has 1 aliphatic rings. The number of ether oxygens (including phenoxy) is 3. The van der Waals surface area contributed by atoms with Crippen LogP contribution in [0.25, 0.3) is 11.8 Å². The number of hydrogen-bond donors (Lipinski definition) is 0. The van der Waals surface area contributed by atoms with Crippen molar-refractivity contribution in [2.45, 2.75) is 19.6 Å². The molecule has 0 N–H and O–H groups in total. The molecule has 0 bridgehead atoms. The van der Waals surface area contributed by atoms with Crippen molar-refractivity contribution in [3.05, 3.63) is 155 Å². The molecule has 0 spiro atoms. The molecule has 0 saturated carbocycles. The summed E-state index contributed by atoms with van der Waals surface area (Å²) in [4.78, 5) is 33.1. The third-order valence-corrected chi connectivity index (χ3v) is 8.91. The van der Waals surface area contributed by atoms with E-state index >= 15 is 0 Å². The molecule has 0 radical (unpaired) electrons. The molecule has 46 heavy (non-hydrogen) atoms. The Morgan fingerprint density at radius 2 is 1.72 bits per heavy atom. The molecule has 232 valence electrons. The normalized spacial score (nSPS) is 14.4. The number of aromatic nitrogens is 1.